The van der Waals surface area contributed by atoms with Crippen LogP contribution < -0.4 is 50.6 Å². The van der Waals surface area contributed by atoms with Gasteiger partial charge in [-0.3, -0.25) is 65.7 Å². The third-order valence-corrected chi connectivity index (χ3v) is 33.0. The van der Waals surface area contributed by atoms with Crippen molar-refractivity contribution in [2.45, 2.75) is 121 Å². The number of ether oxygens (including phenoxy) is 5. The Morgan fingerprint density at radius 1 is 0.581 bits per heavy atom. The molecule has 5 aliphatic rings. The minimum absolute atomic E-state index is 0.00790. The van der Waals surface area contributed by atoms with Crippen LogP contribution in [0, 0.1) is 0 Å². The highest BCUT2D eigenvalue weighted by Gasteiger charge is 2.50. The van der Waals surface area contributed by atoms with E-state index < -0.39 is 154 Å². The van der Waals surface area contributed by atoms with Crippen molar-refractivity contribution in [2.24, 2.45) is 16.5 Å². The molecule has 5 aromatic rings. The molecule has 654 valence electrons. The second-order valence-electron chi connectivity index (χ2n) is 30.2. The van der Waals surface area contributed by atoms with Gasteiger partial charge in [-0.1, -0.05) is 13.8 Å². The lowest BCUT2D eigenvalue weighted by Crippen LogP contribution is -2.54. The average Bonchev–Trinajstić information content (AvgIpc) is 1.57. The fraction of sp³-hybridized carbons (Fsp3) is 0.719. The van der Waals surface area contributed by atoms with Gasteiger partial charge in [0.1, 0.15) is 36.0 Å². The molecule has 0 spiro atoms. The number of amides is 3. The van der Waals surface area contributed by atoms with Gasteiger partial charge in [0.15, 0.2) is 41.0 Å². The molecule has 16 unspecified atom stereocenters. The maximum atomic E-state index is 16.1. The summed E-state index contributed by atoms with van der Waals surface area (Å²) in [4.78, 5) is 100. The fourth-order valence-electron chi connectivity index (χ4n) is 14.1. The summed E-state index contributed by atoms with van der Waals surface area (Å²) in [5, 5.41) is 5.24. The quantitative estimate of drug-likeness (QED) is 0.0112. The SMILES string of the molecule is CC(=O)NC(CCCN=C(N)N)C(=O)NCC(=O)N1CC(COP(=O)(N(C)C)N2CC(COP(=O)(N(C)C)N3CC(C)OC(COP(=O)(N(C)C)N4CC(COP(=O)(N(C)C)N5CC(C)OC(COP(=O)(C(C)C)N(C)C)C5)OC(n5ccc(N)nc5=O)C4)C3)OC(n3cnc4c(=O)[nH]c(N)nc43)C2)OC(n2cnc3c(N)ncnc32)C1. The molecular formula is C64H113N28O20P5. The first-order valence-electron chi connectivity index (χ1n) is 37.8. The van der Waals surface area contributed by atoms with Crippen LogP contribution in [0.5, 0.6) is 0 Å². The van der Waals surface area contributed by atoms with Crippen LogP contribution in [-0.4, -0.2) is 356 Å². The zero-order chi connectivity index (χ0) is 85.6. The van der Waals surface area contributed by atoms with E-state index in [1.807, 2.05) is 20.8 Å². The number of nitrogens with zero attached hydrogens (tertiary/aromatic N) is 20. The van der Waals surface area contributed by atoms with E-state index in [9.17, 15) is 28.5 Å². The Balaban J connectivity index is 0.866. The molecule has 0 aromatic carbocycles. The molecule has 5 fully saturated rings. The number of hydrogen-bond acceptors (Lipinski definition) is 30. The lowest BCUT2D eigenvalue weighted by atomic mass is 10.1. The van der Waals surface area contributed by atoms with Crippen molar-refractivity contribution in [1.82, 2.24) is 106 Å². The molecule has 5 aliphatic heterocycles. The van der Waals surface area contributed by atoms with Gasteiger partial charge in [0, 0.05) is 71.1 Å². The Morgan fingerprint density at radius 3 is 1.50 bits per heavy atom. The van der Waals surface area contributed by atoms with E-state index >= 15 is 18.3 Å². The topological polar surface area (TPSA) is 570 Å². The van der Waals surface area contributed by atoms with Crippen LogP contribution in [0.15, 0.2) is 45.8 Å². The number of nitrogen functional groups attached to an aromatic ring is 3. The van der Waals surface area contributed by atoms with Gasteiger partial charge in [-0.25, -0.2) is 66.8 Å². The molecule has 10 rings (SSSR count). The van der Waals surface area contributed by atoms with Crippen LogP contribution in [0.3, 0.4) is 0 Å². The van der Waals surface area contributed by atoms with Crippen molar-refractivity contribution in [1.29, 1.82) is 0 Å². The molecular weight excluding hydrogens is 1640 g/mol. The van der Waals surface area contributed by atoms with Crippen molar-refractivity contribution >= 4 is 102 Å². The molecule has 3 amide bonds. The number of aromatic nitrogens is 10. The lowest BCUT2D eigenvalue weighted by molar-refractivity contribution is -0.158. The monoisotopic (exact) mass is 1750 g/mol. The van der Waals surface area contributed by atoms with Crippen LogP contribution >= 0.6 is 38.2 Å². The van der Waals surface area contributed by atoms with Gasteiger partial charge in [0.05, 0.1) is 108 Å². The van der Waals surface area contributed by atoms with Crippen LogP contribution in [0.25, 0.3) is 22.3 Å². The second-order valence-corrected chi connectivity index (χ2v) is 43.9. The maximum absolute atomic E-state index is 16.1. The van der Waals surface area contributed by atoms with Gasteiger partial charge in [-0.2, -0.15) is 9.97 Å². The first-order valence-corrected chi connectivity index (χ1v) is 45.6. The van der Waals surface area contributed by atoms with Gasteiger partial charge in [-0.05, 0) is 103 Å². The third kappa shape index (κ3) is 21.8. The first kappa shape index (κ1) is 92.5. The molecule has 117 heavy (non-hydrogen) atoms. The smallest absolute Gasteiger partial charge is 0.351 e. The highest BCUT2D eigenvalue weighted by Crippen LogP contribution is 2.60. The predicted molar refractivity (Wildman–Crippen MR) is 430 cm³/mol. The van der Waals surface area contributed by atoms with Gasteiger partial charge >= 0.3 is 36.4 Å². The Labute approximate surface area is 677 Å². The summed E-state index contributed by atoms with van der Waals surface area (Å²) < 4.78 is 160. The van der Waals surface area contributed by atoms with Gasteiger partial charge in [-0.15, -0.1) is 0 Å². The molecule has 5 aromatic heterocycles. The Hall–Kier alpha value is -6.75. The van der Waals surface area contributed by atoms with E-state index in [4.69, 9.17) is 75.0 Å². The molecule has 53 heteroatoms. The number of anilines is 3. The number of imidazole rings is 2. The molecule has 0 bridgehead atoms. The number of hydrogen-bond donors (Lipinski definition) is 8. The largest absolute Gasteiger partial charge is 0.383 e. The number of morpholine rings is 5. The standard InChI is InChI=1S/C64H113N28O20P5/c1-40(2)113(98,80(6)7)103-32-45-25-86(22-41(3)108-45)114(99,81(8)9)106-35-47-27-88(30-53(111-47)90-20-18-50(65)77-64(90)97)116(101,83(12)13)105-34-46-26-87(23-42(4)109-46)115(100,82(10)11)107-36-48-28-89(31-54(112-48)92-39-75-56-59(92)78-63(69)79-61(56)96)117(102,84(14)15)104-33-44-24-85(29-52(110-44)91-38-74-55-57(66)72-37-73-58(55)91)51(94)21-71-60(95)49(76-43(5)93)17-16-19-70-62(67)68/h18,20,37-42,44-49,52-54H,16-17,19,21-36H2,1-15H3,(H,71,95)(H,76,93)(H2,65,77,97)(H2,66,72,73)(H4,67,68,70)(H3,69,78,79,96). The number of rotatable bonds is 36. The predicted octanol–water partition coefficient (Wildman–Crippen LogP) is -0.134. The highest BCUT2D eigenvalue weighted by atomic mass is 31.2. The molecule has 13 N–H and O–H groups in total. The van der Waals surface area contributed by atoms with Crippen LogP contribution in [0.2, 0.25) is 0 Å². The summed E-state index contributed by atoms with van der Waals surface area (Å²) in [6, 6.07) is 0.370. The van der Waals surface area contributed by atoms with E-state index in [0.29, 0.717) is 6.42 Å². The number of guanidine groups is 1. The minimum atomic E-state index is -4.34. The zero-order valence-corrected chi connectivity index (χ0v) is 73.0. The van der Waals surface area contributed by atoms with Gasteiger partial charge in [0.25, 0.3) is 13.1 Å². The van der Waals surface area contributed by atoms with Crippen LogP contribution in [-0.2, 0) is 83.5 Å². The average molecular weight is 1750 g/mol. The lowest BCUT2D eigenvalue weighted by Gasteiger charge is -2.46. The Bertz CT molecular complexity index is 4690. The van der Waals surface area contributed by atoms with Crippen molar-refractivity contribution in [3.63, 3.8) is 0 Å². The molecule has 0 aliphatic carbocycles. The minimum Gasteiger partial charge on any atom is -0.383 e. The highest BCUT2D eigenvalue weighted by molar-refractivity contribution is 7.57. The molecule has 0 radical (unpaired) electrons. The Morgan fingerprint density at radius 2 is 1.03 bits per heavy atom. The number of aliphatic imine (C=N–C) groups is 1. The summed E-state index contributed by atoms with van der Waals surface area (Å²) in [6.45, 7) is 5.57. The van der Waals surface area contributed by atoms with Crippen molar-refractivity contribution in [2.75, 3.05) is 199 Å². The van der Waals surface area contributed by atoms with Crippen molar-refractivity contribution in [3.05, 3.63) is 52.1 Å². The number of carbonyl (C=O) groups is 3. The van der Waals surface area contributed by atoms with E-state index in [1.54, 1.807) is 81.9 Å². The summed E-state index contributed by atoms with van der Waals surface area (Å²) in [7, 11) is -4.07. The number of carbonyl (C=O) groups excluding carboxylic acids is 3. The van der Waals surface area contributed by atoms with E-state index in [0.717, 1.165) is 0 Å². The molecule has 5 saturated heterocycles. The maximum Gasteiger partial charge on any atom is 0.351 e. The fourth-order valence-corrected chi connectivity index (χ4v) is 24.1. The van der Waals surface area contributed by atoms with E-state index in [2.05, 4.69) is 50.5 Å². The summed E-state index contributed by atoms with van der Waals surface area (Å²) in [6.07, 6.45) is -3.47. The third-order valence-electron chi connectivity index (χ3n) is 19.9. The zero-order valence-electron chi connectivity index (χ0n) is 68.5. The number of nitrogens with one attached hydrogen (secondary N) is 3. The first-order chi connectivity index (χ1) is 55.0. The number of fused-ring (bicyclic) bond motifs is 2. The molecule has 0 saturated carbocycles. The van der Waals surface area contributed by atoms with Crippen molar-refractivity contribution < 1.29 is 83.5 Å². The molecule has 10 heterocycles. The number of H-pyrrole nitrogens is 1. The van der Waals surface area contributed by atoms with Crippen molar-refractivity contribution in [3.8, 4) is 0 Å². The second kappa shape index (κ2) is 39.0. The molecule has 16 atom stereocenters. The number of nitrogens with two attached hydrogens (primary N) is 5. The van der Waals surface area contributed by atoms with Crippen LogP contribution in [0.1, 0.15) is 66.1 Å². The summed E-state index contributed by atoms with van der Waals surface area (Å²) >= 11 is 0. The van der Waals surface area contributed by atoms with E-state index in [1.165, 1.54) is 94.3 Å². The van der Waals surface area contributed by atoms with E-state index in [-0.39, 0.29) is 150 Å². The Kier molecular flexibility index (Phi) is 30.8. The molecule has 48 nitrogen and oxygen atoms in total. The summed E-state index contributed by atoms with van der Waals surface area (Å²) in [5.41, 5.74) is 27.9. The number of aromatic amines is 1. The summed E-state index contributed by atoms with van der Waals surface area (Å²) in [5.74, 6) is -2.06. The van der Waals surface area contributed by atoms with Gasteiger partial charge < -0.3 is 90.5 Å². The van der Waals surface area contributed by atoms with Gasteiger partial charge in [0.2, 0.25) is 23.7 Å². The van der Waals surface area contributed by atoms with Crippen LogP contribution in [0.4, 0.5) is 17.6 Å². The normalized spacial score (nSPS) is 26.0.